The van der Waals surface area contributed by atoms with Crippen LogP contribution in [0, 0.1) is 0 Å². The molecule has 0 aliphatic rings. The lowest BCUT2D eigenvalue weighted by Crippen LogP contribution is -2.04. The summed E-state index contributed by atoms with van der Waals surface area (Å²) in [7, 11) is 1.85. The molecule has 11 heavy (non-hydrogen) atoms. The minimum absolute atomic E-state index is 0.336. The number of phenols is 1. The topological polar surface area (TPSA) is 32.3 Å². The molecule has 0 saturated carbocycles. The zero-order chi connectivity index (χ0) is 8.27. The van der Waals surface area contributed by atoms with E-state index < -0.39 is 0 Å². The van der Waals surface area contributed by atoms with Crippen molar-refractivity contribution in [1.82, 2.24) is 5.32 Å². The number of hydrogen-bond donors (Lipinski definition) is 2. The molecule has 0 spiro atoms. The molecule has 0 atom stereocenters. The van der Waals surface area contributed by atoms with Crippen LogP contribution in [-0.4, -0.2) is 12.2 Å². The summed E-state index contributed by atoms with van der Waals surface area (Å²) in [6, 6.07) is 5.39. The maximum absolute atomic E-state index is 9.31. The largest absolute Gasteiger partial charge is 0.508 e. The molecule has 0 amide bonds. The van der Waals surface area contributed by atoms with E-state index in [1.807, 2.05) is 19.2 Å². The van der Waals surface area contributed by atoms with Gasteiger partial charge in [-0.1, -0.05) is 15.9 Å². The third-order valence-electron chi connectivity index (χ3n) is 1.41. The van der Waals surface area contributed by atoms with Crippen LogP contribution in [0.15, 0.2) is 22.7 Å². The van der Waals surface area contributed by atoms with Gasteiger partial charge < -0.3 is 10.4 Å². The minimum atomic E-state index is 0.336. The fourth-order valence-electron chi connectivity index (χ4n) is 0.886. The van der Waals surface area contributed by atoms with Crippen LogP contribution in [0.2, 0.25) is 0 Å². The lowest BCUT2D eigenvalue weighted by Gasteiger charge is -2.03. The van der Waals surface area contributed by atoms with Crippen molar-refractivity contribution >= 4 is 15.9 Å². The number of rotatable bonds is 2. The van der Waals surface area contributed by atoms with E-state index in [-0.39, 0.29) is 0 Å². The molecule has 3 heteroatoms. The predicted octanol–water partition coefficient (Wildman–Crippen LogP) is 1.87. The van der Waals surface area contributed by atoms with E-state index in [1.54, 1.807) is 6.07 Å². The van der Waals surface area contributed by atoms with Crippen molar-refractivity contribution in [2.75, 3.05) is 7.05 Å². The Labute approximate surface area is 74.4 Å². The third kappa shape index (κ3) is 2.20. The average Bonchev–Trinajstić information content (AvgIpc) is 1.98. The number of halogens is 1. The standard InChI is InChI=1S/C8H10BrNO/c1-10-5-6-4-7(9)2-3-8(6)11/h2-4,10-11H,5H2,1H3. The Morgan fingerprint density at radius 3 is 2.91 bits per heavy atom. The number of nitrogens with one attached hydrogen (secondary N) is 1. The van der Waals surface area contributed by atoms with E-state index in [0.29, 0.717) is 12.3 Å². The zero-order valence-electron chi connectivity index (χ0n) is 6.26. The van der Waals surface area contributed by atoms with E-state index >= 15 is 0 Å². The van der Waals surface area contributed by atoms with Crippen LogP contribution in [0.3, 0.4) is 0 Å². The minimum Gasteiger partial charge on any atom is -0.508 e. The van der Waals surface area contributed by atoms with Gasteiger partial charge in [0.05, 0.1) is 0 Å². The molecule has 0 bridgehead atoms. The molecule has 2 nitrogen and oxygen atoms in total. The van der Waals surface area contributed by atoms with Gasteiger partial charge >= 0.3 is 0 Å². The highest BCUT2D eigenvalue weighted by Gasteiger charge is 1.98. The Morgan fingerprint density at radius 2 is 2.27 bits per heavy atom. The molecule has 0 radical (unpaired) electrons. The first-order valence-electron chi connectivity index (χ1n) is 3.36. The molecule has 1 aromatic rings. The zero-order valence-corrected chi connectivity index (χ0v) is 7.85. The summed E-state index contributed by atoms with van der Waals surface area (Å²) in [5.41, 5.74) is 0.905. The van der Waals surface area contributed by atoms with Crippen molar-refractivity contribution in [1.29, 1.82) is 0 Å². The van der Waals surface area contributed by atoms with E-state index in [1.165, 1.54) is 0 Å². The van der Waals surface area contributed by atoms with Gasteiger partial charge in [-0.25, -0.2) is 0 Å². The summed E-state index contributed by atoms with van der Waals surface area (Å²) in [5.74, 6) is 0.336. The Bertz CT molecular complexity index is 250. The molecule has 0 aliphatic heterocycles. The van der Waals surface area contributed by atoms with Crippen LogP contribution in [0.4, 0.5) is 0 Å². The summed E-state index contributed by atoms with van der Waals surface area (Å²) >= 11 is 3.33. The molecule has 60 valence electrons. The average molecular weight is 216 g/mol. The van der Waals surface area contributed by atoms with Gasteiger partial charge in [-0.15, -0.1) is 0 Å². The van der Waals surface area contributed by atoms with Gasteiger partial charge in [0.2, 0.25) is 0 Å². The highest BCUT2D eigenvalue weighted by atomic mass is 79.9. The molecule has 0 aliphatic carbocycles. The molecule has 1 rings (SSSR count). The second kappa shape index (κ2) is 3.74. The molecule has 0 aromatic heterocycles. The van der Waals surface area contributed by atoms with Crippen LogP contribution in [-0.2, 0) is 6.54 Å². The van der Waals surface area contributed by atoms with E-state index in [2.05, 4.69) is 21.2 Å². The smallest absolute Gasteiger partial charge is 0.120 e. The Hall–Kier alpha value is -0.540. The fourth-order valence-corrected chi connectivity index (χ4v) is 1.29. The maximum Gasteiger partial charge on any atom is 0.120 e. The van der Waals surface area contributed by atoms with Crippen LogP contribution < -0.4 is 5.32 Å². The first-order chi connectivity index (χ1) is 5.24. The second-order valence-electron chi connectivity index (χ2n) is 2.30. The molecular weight excluding hydrogens is 206 g/mol. The van der Waals surface area contributed by atoms with Crippen molar-refractivity contribution in [2.45, 2.75) is 6.54 Å². The van der Waals surface area contributed by atoms with Crippen molar-refractivity contribution in [3.05, 3.63) is 28.2 Å². The highest BCUT2D eigenvalue weighted by Crippen LogP contribution is 2.21. The van der Waals surface area contributed by atoms with Crippen LogP contribution in [0.25, 0.3) is 0 Å². The lowest BCUT2D eigenvalue weighted by atomic mass is 10.2. The van der Waals surface area contributed by atoms with Gasteiger partial charge in [0, 0.05) is 16.6 Å². The quantitative estimate of drug-likeness (QED) is 0.790. The first kappa shape index (κ1) is 8.56. The van der Waals surface area contributed by atoms with Gasteiger partial charge in [-0.2, -0.15) is 0 Å². The lowest BCUT2D eigenvalue weighted by molar-refractivity contribution is 0.466. The van der Waals surface area contributed by atoms with Gasteiger partial charge in [0.1, 0.15) is 5.75 Å². The molecule has 2 N–H and O–H groups in total. The van der Waals surface area contributed by atoms with Gasteiger partial charge in [0.25, 0.3) is 0 Å². The van der Waals surface area contributed by atoms with Gasteiger partial charge in [0.15, 0.2) is 0 Å². The normalized spacial score (nSPS) is 10.0. The fraction of sp³-hybridized carbons (Fsp3) is 0.250. The summed E-state index contributed by atoms with van der Waals surface area (Å²) in [5, 5.41) is 12.3. The van der Waals surface area contributed by atoms with Crippen molar-refractivity contribution < 1.29 is 5.11 Å². The predicted molar refractivity (Wildman–Crippen MR) is 48.6 cm³/mol. The highest BCUT2D eigenvalue weighted by molar-refractivity contribution is 9.10. The van der Waals surface area contributed by atoms with Crippen LogP contribution in [0.5, 0.6) is 5.75 Å². The Balaban J connectivity index is 2.93. The van der Waals surface area contributed by atoms with E-state index in [4.69, 9.17) is 0 Å². The van der Waals surface area contributed by atoms with Crippen molar-refractivity contribution in [2.24, 2.45) is 0 Å². The summed E-state index contributed by atoms with van der Waals surface area (Å²) in [6.45, 7) is 0.686. The molecule has 0 unspecified atom stereocenters. The summed E-state index contributed by atoms with van der Waals surface area (Å²) in [6.07, 6.45) is 0. The van der Waals surface area contributed by atoms with E-state index in [9.17, 15) is 5.11 Å². The number of aromatic hydroxyl groups is 1. The number of benzene rings is 1. The number of phenolic OH excluding ortho intramolecular Hbond substituents is 1. The van der Waals surface area contributed by atoms with E-state index in [0.717, 1.165) is 10.0 Å². The monoisotopic (exact) mass is 215 g/mol. The Morgan fingerprint density at radius 1 is 1.55 bits per heavy atom. The maximum atomic E-state index is 9.31. The molecule has 1 aromatic carbocycles. The van der Waals surface area contributed by atoms with Crippen molar-refractivity contribution in [3.63, 3.8) is 0 Å². The first-order valence-corrected chi connectivity index (χ1v) is 4.15. The van der Waals surface area contributed by atoms with Gasteiger partial charge in [-0.05, 0) is 25.2 Å². The SMILES string of the molecule is CNCc1cc(Br)ccc1O. The Kier molecular flexibility index (Phi) is 2.91. The molecule has 0 saturated heterocycles. The third-order valence-corrected chi connectivity index (χ3v) is 1.90. The van der Waals surface area contributed by atoms with Crippen LogP contribution in [0.1, 0.15) is 5.56 Å². The molecule has 0 heterocycles. The van der Waals surface area contributed by atoms with Gasteiger partial charge in [-0.3, -0.25) is 0 Å². The molecule has 0 fully saturated rings. The second-order valence-corrected chi connectivity index (χ2v) is 3.22. The van der Waals surface area contributed by atoms with Crippen molar-refractivity contribution in [3.8, 4) is 5.75 Å². The molecular formula is C8H10BrNO. The van der Waals surface area contributed by atoms with Crippen LogP contribution >= 0.6 is 15.9 Å². The summed E-state index contributed by atoms with van der Waals surface area (Å²) < 4.78 is 0.987. The number of hydrogen-bond acceptors (Lipinski definition) is 2. The summed E-state index contributed by atoms with van der Waals surface area (Å²) in [4.78, 5) is 0.